The number of hydrogen-bond acceptors (Lipinski definition) is 4. The molecule has 2 aliphatic heterocycles. The van der Waals surface area contributed by atoms with E-state index in [0.29, 0.717) is 0 Å². The van der Waals surface area contributed by atoms with Crippen LogP contribution in [0.15, 0.2) is 0 Å². The third kappa shape index (κ3) is 4.59. The molecule has 0 aliphatic carbocycles. The summed E-state index contributed by atoms with van der Waals surface area (Å²) in [7, 11) is 0. The van der Waals surface area contributed by atoms with E-state index < -0.39 is 5.60 Å². The van der Waals surface area contributed by atoms with Crippen LogP contribution in [0.25, 0.3) is 0 Å². The van der Waals surface area contributed by atoms with E-state index in [-0.39, 0.29) is 17.8 Å². The predicted octanol–water partition coefficient (Wildman–Crippen LogP) is 2.89. The normalized spacial score (nSPS) is 26.2. The van der Waals surface area contributed by atoms with Gasteiger partial charge >= 0.3 is 6.09 Å². The van der Waals surface area contributed by atoms with E-state index in [1.165, 1.54) is 6.42 Å². The number of morpholine rings is 1. The van der Waals surface area contributed by atoms with Crippen LogP contribution in [0, 0.1) is 0 Å². The molecule has 2 saturated heterocycles. The zero-order valence-corrected chi connectivity index (χ0v) is 14.9. The fraction of sp³-hybridized carbons (Fsp3) is 0.941. The number of nitrogens with zero attached hydrogens (tertiary/aromatic N) is 2. The highest BCUT2D eigenvalue weighted by molar-refractivity contribution is 5.68. The number of piperidine rings is 1. The molecule has 1 atom stereocenters. The second-order valence-corrected chi connectivity index (χ2v) is 7.81. The molecule has 0 radical (unpaired) electrons. The fourth-order valence-corrected chi connectivity index (χ4v) is 3.52. The average molecular weight is 312 g/mol. The summed E-state index contributed by atoms with van der Waals surface area (Å²) in [4.78, 5) is 16.5. The van der Waals surface area contributed by atoms with E-state index in [4.69, 9.17) is 9.47 Å². The first kappa shape index (κ1) is 17.5. The van der Waals surface area contributed by atoms with E-state index in [0.717, 1.165) is 45.6 Å². The van der Waals surface area contributed by atoms with Crippen molar-refractivity contribution < 1.29 is 14.3 Å². The van der Waals surface area contributed by atoms with Gasteiger partial charge in [0.1, 0.15) is 5.60 Å². The summed E-state index contributed by atoms with van der Waals surface area (Å²) in [6.45, 7) is 14.7. The topological polar surface area (TPSA) is 42.0 Å². The van der Waals surface area contributed by atoms with Gasteiger partial charge in [-0.05, 0) is 53.5 Å². The maximum atomic E-state index is 12.2. The molecular weight excluding hydrogens is 280 g/mol. The summed E-state index contributed by atoms with van der Waals surface area (Å²) < 4.78 is 11.8. The minimum absolute atomic E-state index is 0.0780. The summed E-state index contributed by atoms with van der Waals surface area (Å²) >= 11 is 0. The lowest BCUT2D eigenvalue weighted by atomic mass is 9.88. The molecule has 2 heterocycles. The Morgan fingerprint density at radius 1 is 1.32 bits per heavy atom. The molecule has 0 aromatic heterocycles. The molecule has 0 saturated carbocycles. The van der Waals surface area contributed by atoms with Crippen molar-refractivity contribution in [2.24, 2.45) is 0 Å². The Balaban J connectivity index is 1.91. The lowest BCUT2D eigenvalue weighted by molar-refractivity contribution is -0.168. The van der Waals surface area contributed by atoms with E-state index in [9.17, 15) is 4.79 Å². The predicted molar refractivity (Wildman–Crippen MR) is 87.1 cm³/mol. The first-order valence-corrected chi connectivity index (χ1v) is 8.61. The van der Waals surface area contributed by atoms with Crippen LogP contribution in [0.1, 0.15) is 53.9 Å². The van der Waals surface area contributed by atoms with Crippen molar-refractivity contribution in [3.05, 3.63) is 0 Å². The Labute approximate surface area is 134 Å². The maximum absolute atomic E-state index is 12.2. The van der Waals surface area contributed by atoms with Crippen molar-refractivity contribution in [3.63, 3.8) is 0 Å². The molecule has 5 heteroatoms. The van der Waals surface area contributed by atoms with E-state index >= 15 is 0 Å². The van der Waals surface area contributed by atoms with Crippen LogP contribution in [0.4, 0.5) is 4.79 Å². The molecule has 128 valence electrons. The largest absolute Gasteiger partial charge is 0.444 e. The third-order valence-corrected chi connectivity index (χ3v) is 4.34. The van der Waals surface area contributed by atoms with Gasteiger partial charge in [0.2, 0.25) is 0 Å². The van der Waals surface area contributed by atoms with Gasteiger partial charge in [0.05, 0.1) is 11.7 Å². The first-order chi connectivity index (χ1) is 10.2. The van der Waals surface area contributed by atoms with Crippen molar-refractivity contribution in [1.29, 1.82) is 0 Å². The number of amides is 1. The Morgan fingerprint density at radius 2 is 1.95 bits per heavy atom. The second-order valence-electron chi connectivity index (χ2n) is 7.81. The van der Waals surface area contributed by atoms with Gasteiger partial charge < -0.3 is 14.4 Å². The Bertz CT molecular complexity index is 384. The molecule has 2 fully saturated rings. The standard InChI is InChI=1S/C17H32N2O3/c1-6-9-18-12-14(2)21-17(13-18)7-10-19(11-8-17)15(20)22-16(3,4)5/h14H,6-13H2,1-5H3. The molecule has 2 rings (SSSR count). The van der Waals surface area contributed by atoms with Crippen LogP contribution in [-0.4, -0.2) is 65.9 Å². The number of hydrogen-bond donors (Lipinski definition) is 0. The molecule has 22 heavy (non-hydrogen) atoms. The molecule has 0 N–H and O–H groups in total. The zero-order chi connectivity index (χ0) is 16.4. The summed E-state index contributed by atoms with van der Waals surface area (Å²) in [5.41, 5.74) is -0.509. The van der Waals surface area contributed by atoms with Gasteiger partial charge in [-0.2, -0.15) is 0 Å². The van der Waals surface area contributed by atoms with Gasteiger partial charge in [0.25, 0.3) is 0 Å². The number of carbonyl (C=O) groups excluding carboxylic acids is 1. The Kier molecular flexibility index (Phi) is 5.38. The molecule has 5 nitrogen and oxygen atoms in total. The van der Waals surface area contributed by atoms with E-state index in [1.54, 1.807) is 0 Å². The van der Waals surface area contributed by atoms with Crippen molar-refractivity contribution in [2.45, 2.75) is 71.2 Å². The van der Waals surface area contributed by atoms with Crippen LogP contribution in [-0.2, 0) is 9.47 Å². The summed E-state index contributed by atoms with van der Waals surface area (Å²) in [6.07, 6.45) is 3.05. The number of likely N-dealkylation sites (tertiary alicyclic amines) is 1. The van der Waals surface area contributed by atoms with Gasteiger partial charge in [-0.25, -0.2) is 4.79 Å². The van der Waals surface area contributed by atoms with Crippen molar-refractivity contribution in [3.8, 4) is 0 Å². The lowest BCUT2D eigenvalue weighted by Crippen LogP contribution is -2.59. The van der Waals surface area contributed by atoms with Crippen LogP contribution < -0.4 is 0 Å². The molecule has 0 aromatic rings. The number of ether oxygens (including phenoxy) is 2. The van der Waals surface area contributed by atoms with Crippen LogP contribution in [0.5, 0.6) is 0 Å². The van der Waals surface area contributed by atoms with Crippen molar-refractivity contribution >= 4 is 6.09 Å². The minimum Gasteiger partial charge on any atom is -0.444 e. The van der Waals surface area contributed by atoms with Crippen LogP contribution >= 0.6 is 0 Å². The first-order valence-electron chi connectivity index (χ1n) is 8.61. The minimum atomic E-state index is -0.431. The van der Waals surface area contributed by atoms with Crippen molar-refractivity contribution in [1.82, 2.24) is 9.80 Å². The van der Waals surface area contributed by atoms with Gasteiger partial charge in [-0.15, -0.1) is 0 Å². The molecule has 0 bridgehead atoms. The molecule has 1 amide bonds. The quantitative estimate of drug-likeness (QED) is 0.786. The number of carbonyl (C=O) groups is 1. The Morgan fingerprint density at radius 3 is 2.50 bits per heavy atom. The van der Waals surface area contributed by atoms with Crippen molar-refractivity contribution in [2.75, 3.05) is 32.7 Å². The van der Waals surface area contributed by atoms with Crippen LogP contribution in [0.3, 0.4) is 0 Å². The smallest absolute Gasteiger partial charge is 0.410 e. The second kappa shape index (κ2) is 6.75. The molecule has 0 aromatic carbocycles. The fourth-order valence-electron chi connectivity index (χ4n) is 3.52. The monoisotopic (exact) mass is 312 g/mol. The highest BCUT2D eigenvalue weighted by atomic mass is 16.6. The molecule has 1 unspecified atom stereocenters. The highest BCUT2D eigenvalue weighted by Gasteiger charge is 2.42. The molecular formula is C17H32N2O3. The lowest BCUT2D eigenvalue weighted by Gasteiger charge is -2.49. The van der Waals surface area contributed by atoms with Gasteiger partial charge in [0.15, 0.2) is 0 Å². The molecule has 2 aliphatic rings. The Hall–Kier alpha value is -0.810. The third-order valence-electron chi connectivity index (χ3n) is 4.34. The summed E-state index contributed by atoms with van der Waals surface area (Å²) in [5.74, 6) is 0. The summed E-state index contributed by atoms with van der Waals surface area (Å²) in [5, 5.41) is 0. The summed E-state index contributed by atoms with van der Waals surface area (Å²) in [6, 6.07) is 0. The molecule has 1 spiro atoms. The zero-order valence-electron chi connectivity index (χ0n) is 14.9. The SMILES string of the molecule is CCCN1CC(C)OC2(CCN(C(=O)OC(C)(C)C)CC2)C1. The van der Waals surface area contributed by atoms with Crippen LogP contribution in [0.2, 0.25) is 0 Å². The number of rotatable bonds is 2. The van der Waals surface area contributed by atoms with Gasteiger partial charge in [0, 0.05) is 26.2 Å². The van der Waals surface area contributed by atoms with Gasteiger partial charge in [-0.3, -0.25) is 4.90 Å². The van der Waals surface area contributed by atoms with E-state index in [1.807, 2.05) is 25.7 Å². The van der Waals surface area contributed by atoms with E-state index in [2.05, 4.69) is 18.7 Å². The van der Waals surface area contributed by atoms with Gasteiger partial charge in [-0.1, -0.05) is 6.92 Å². The maximum Gasteiger partial charge on any atom is 0.410 e. The average Bonchev–Trinajstić information content (AvgIpc) is 2.36. The highest BCUT2D eigenvalue weighted by Crippen LogP contribution is 2.32.